The number of unbranched alkanes of at least 4 members (excludes halogenated alkanes) is 9. The van der Waals surface area contributed by atoms with Gasteiger partial charge in [-0.15, -0.1) is 0 Å². The van der Waals surface area contributed by atoms with Crippen LogP contribution in [0.3, 0.4) is 0 Å². The van der Waals surface area contributed by atoms with Gasteiger partial charge < -0.3 is 28.4 Å². The monoisotopic (exact) mass is 754 g/mol. The molecule has 0 spiro atoms. The number of carbonyl (C=O) groups is 3. The predicted molar refractivity (Wildman–Crippen MR) is 212 cm³/mol. The molecule has 0 aliphatic rings. The molecule has 0 atom stereocenters. The molecule has 2 rings (SSSR count). The quantitative estimate of drug-likeness (QED) is 0.0522. The second-order valence-electron chi connectivity index (χ2n) is 11.5. The molecular weight excluding hydrogens is 685 g/mol. The summed E-state index contributed by atoms with van der Waals surface area (Å²) >= 11 is 1.44. The van der Waals surface area contributed by atoms with E-state index in [0.29, 0.717) is 19.6 Å². The second-order valence-corrected chi connectivity index (χ2v) is 12.5. The summed E-state index contributed by atoms with van der Waals surface area (Å²) in [5, 5.41) is 1.01. The summed E-state index contributed by atoms with van der Waals surface area (Å²) in [5.41, 5.74) is 2.35. The molecule has 0 radical (unpaired) electrons. The molecule has 0 unspecified atom stereocenters. The average molecular weight is 755 g/mol. The van der Waals surface area contributed by atoms with Crippen LogP contribution in [0.2, 0.25) is 0 Å². The fraction of sp³-hybridized carbons (Fsp3) is 0.675. The molecule has 52 heavy (non-hydrogen) atoms. The molecule has 0 aliphatic heterocycles. The zero-order valence-corrected chi connectivity index (χ0v) is 34.6. The highest BCUT2D eigenvalue weighted by atomic mass is 32.1. The van der Waals surface area contributed by atoms with Gasteiger partial charge in [-0.2, -0.15) is 4.37 Å². The van der Waals surface area contributed by atoms with Crippen molar-refractivity contribution in [3.05, 3.63) is 47.5 Å². The fourth-order valence-corrected chi connectivity index (χ4v) is 4.20. The first-order chi connectivity index (χ1) is 25.1. The van der Waals surface area contributed by atoms with Crippen molar-refractivity contribution < 1.29 is 42.8 Å². The smallest absolute Gasteiger partial charge is 0.469 e. The van der Waals surface area contributed by atoms with Crippen molar-refractivity contribution in [3.8, 4) is 11.4 Å². The number of benzene rings is 1. The van der Waals surface area contributed by atoms with E-state index in [4.69, 9.17) is 14.2 Å². The summed E-state index contributed by atoms with van der Waals surface area (Å²) in [5.74, 6) is 0.405. The van der Waals surface area contributed by atoms with Crippen molar-refractivity contribution in [2.75, 3.05) is 54.9 Å². The Balaban J connectivity index is -0.000000587. The van der Waals surface area contributed by atoms with Crippen LogP contribution in [0.5, 0.6) is 0 Å². The fourth-order valence-electron chi connectivity index (χ4n) is 3.71. The summed E-state index contributed by atoms with van der Waals surface area (Å²) in [6, 6.07) is 8.25. The van der Waals surface area contributed by atoms with Gasteiger partial charge in [0.05, 0.1) is 27.4 Å². The molecule has 1 aromatic heterocycles. The van der Waals surface area contributed by atoms with E-state index >= 15 is 0 Å². The molecule has 11 nitrogen and oxygen atoms in total. The number of methoxy groups -OCH3 is 4. The summed E-state index contributed by atoms with van der Waals surface area (Å²) < 4.78 is 32.1. The summed E-state index contributed by atoms with van der Waals surface area (Å²) in [7, 11) is 6.18. The van der Waals surface area contributed by atoms with E-state index in [-0.39, 0.29) is 11.9 Å². The number of ether oxygens (including phenoxy) is 6. The molecule has 0 amide bonds. The van der Waals surface area contributed by atoms with Crippen LogP contribution in [-0.4, -0.2) is 82.3 Å². The van der Waals surface area contributed by atoms with Crippen LogP contribution in [-0.2, 0) is 38.0 Å². The summed E-state index contributed by atoms with van der Waals surface area (Å²) in [6.45, 7) is 16.4. The Kier molecular flexibility index (Phi) is 42.9. The molecule has 1 aromatic carbocycles. The van der Waals surface area contributed by atoms with Gasteiger partial charge in [-0.05, 0) is 63.9 Å². The van der Waals surface area contributed by atoms with Crippen molar-refractivity contribution >= 4 is 29.6 Å². The van der Waals surface area contributed by atoms with Crippen molar-refractivity contribution in [1.82, 2.24) is 9.36 Å². The third-order valence-corrected chi connectivity index (χ3v) is 7.41. The highest BCUT2D eigenvalue weighted by Crippen LogP contribution is 2.17. The number of aryl methyl sites for hydroxylation is 2. The van der Waals surface area contributed by atoms with Gasteiger partial charge in [0.25, 0.3) is 0 Å². The van der Waals surface area contributed by atoms with E-state index in [0.717, 1.165) is 87.4 Å². The van der Waals surface area contributed by atoms with Gasteiger partial charge in [0.2, 0.25) is 0 Å². The molecular formula is C40H70N2O9S. The van der Waals surface area contributed by atoms with E-state index in [1.54, 1.807) is 14.2 Å². The SMILES string of the molecule is C=CC(=O)OCCCCCCOC.CCCCCC(=O)OC.CCCCCCOC.CCCCOC(=O)OC.Cc1ccc(-c2nsc(C)n2)cc1. The largest absolute Gasteiger partial charge is 0.507 e. The van der Waals surface area contributed by atoms with E-state index in [2.05, 4.69) is 75.2 Å². The minimum Gasteiger partial charge on any atom is -0.469 e. The van der Waals surface area contributed by atoms with Crippen molar-refractivity contribution in [1.29, 1.82) is 0 Å². The summed E-state index contributed by atoms with van der Waals surface area (Å²) in [6.07, 6.45) is 15.7. The minimum atomic E-state index is -0.594. The first kappa shape index (κ1) is 53.0. The Labute approximate surface area is 319 Å². The van der Waals surface area contributed by atoms with Gasteiger partial charge >= 0.3 is 18.1 Å². The van der Waals surface area contributed by atoms with Gasteiger partial charge in [-0.25, -0.2) is 14.6 Å². The number of carbonyl (C=O) groups excluding carboxylic acids is 3. The summed E-state index contributed by atoms with van der Waals surface area (Å²) in [4.78, 5) is 35.6. The number of rotatable bonds is 21. The van der Waals surface area contributed by atoms with Gasteiger partial charge in [0, 0.05) is 45.5 Å². The first-order valence-corrected chi connectivity index (χ1v) is 19.3. The topological polar surface area (TPSA) is 132 Å². The van der Waals surface area contributed by atoms with Crippen LogP contribution in [0.4, 0.5) is 4.79 Å². The van der Waals surface area contributed by atoms with Crippen LogP contribution in [0.15, 0.2) is 36.9 Å². The lowest BCUT2D eigenvalue weighted by molar-refractivity contribution is -0.141. The molecule has 1 heterocycles. The number of aromatic nitrogens is 2. The highest BCUT2D eigenvalue weighted by Gasteiger charge is 2.02. The molecule has 0 fully saturated rings. The second kappa shape index (κ2) is 42.1. The molecule has 0 bridgehead atoms. The van der Waals surface area contributed by atoms with Crippen LogP contribution in [0.25, 0.3) is 11.4 Å². The standard InChI is InChI=1S/C10H10N2S.C10H18O3.C7H14O2.C7H16O.C6H12O3/c1-7-3-5-9(6-4-7)10-11-8(2)13-12-10;1-3-10(11)13-9-7-5-4-6-8-12-2;1-3-4-5-6-7(8)9-2;1-3-4-5-6-7-8-2;1-3-4-5-9-6(7)8-2/h3-6H,1-2H3;3H,1,4-9H2,2H3;3-6H2,1-2H3;3-7H2,1-2H3;3-5H2,1-2H3. The molecule has 12 heteroatoms. The van der Waals surface area contributed by atoms with E-state index in [1.165, 1.54) is 63.1 Å². The number of hydrogen-bond donors (Lipinski definition) is 0. The third kappa shape index (κ3) is 39.4. The maximum Gasteiger partial charge on any atom is 0.507 e. The Morgan fingerprint density at radius 1 is 0.673 bits per heavy atom. The number of hydrogen-bond acceptors (Lipinski definition) is 12. The van der Waals surface area contributed by atoms with E-state index in [9.17, 15) is 14.4 Å². The zero-order valence-electron chi connectivity index (χ0n) is 33.8. The van der Waals surface area contributed by atoms with Crippen LogP contribution in [0.1, 0.15) is 121 Å². The molecule has 0 N–H and O–H groups in total. The van der Waals surface area contributed by atoms with Crippen LogP contribution >= 0.6 is 11.5 Å². The van der Waals surface area contributed by atoms with E-state index < -0.39 is 6.16 Å². The first-order valence-electron chi connectivity index (χ1n) is 18.5. The lowest BCUT2D eigenvalue weighted by atomic mass is 10.1. The highest BCUT2D eigenvalue weighted by molar-refractivity contribution is 7.05. The molecule has 0 aliphatic carbocycles. The normalized spacial score (nSPS) is 9.56. The Morgan fingerprint density at radius 3 is 1.65 bits per heavy atom. The third-order valence-electron chi connectivity index (χ3n) is 6.79. The maximum atomic E-state index is 10.6. The van der Waals surface area contributed by atoms with E-state index in [1.807, 2.05) is 13.8 Å². The van der Waals surface area contributed by atoms with Crippen molar-refractivity contribution in [3.63, 3.8) is 0 Å². The Bertz CT molecular complexity index is 1070. The number of esters is 2. The molecule has 0 saturated carbocycles. The van der Waals surface area contributed by atoms with Gasteiger partial charge in [-0.3, -0.25) is 4.79 Å². The average Bonchev–Trinajstić information content (AvgIpc) is 3.60. The minimum absolute atomic E-state index is 0.0940. The molecule has 2 aromatic rings. The van der Waals surface area contributed by atoms with Crippen LogP contribution in [0, 0.1) is 13.8 Å². The predicted octanol–water partition coefficient (Wildman–Crippen LogP) is 10.3. The molecule has 0 saturated heterocycles. The van der Waals surface area contributed by atoms with Crippen molar-refractivity contribution in [2.24, 2.45) is 0 Å². The van der Waals surface area contributed by atoms with Gasteiger partial charge in [-0.1, -0.05) is 102 Å². The van der Waals surface area contributed by atoms with Crippen LogP contribution < -0.4 is 0 Å². The lowest BCUT2D eigenvalue weighted by Gasteiger charge is -2.01. The Morgan fingerprint density at radius 2 is 1.19 bits per heavy atom. The lowest BCUT2D eigenvalue weighted by Crippen LogP contribution is -2.04. The molecule has 300 valence electrons. The zero-order chi connectivity index (χ0) is 39.7. The number of nitrogens with zero attached hydrogens (tertiary/aromatic N) is 2. The van der Waals surface area contributed by atoms with Gasteiger partial charge in [0.15, 0.2) is 5.82 Å². The maximum absolute atomic E-state index is 10.6. The van der Waals surface area contributed by atoms with Gasteiger partial charge in [0.1, 0.15) is 5.01 Å². The van der Waals surface area contributed by atoms with Crippen molar-refractivity contribution in [2.45, 2.75) is 125 Å². The Hall–Kier alpha value is -3.35.